The van der Waals surface area contributed by atoms with E-state index in [-0.39, 0.29) is 0 Å². The molecule has 2 N–H and O–H groups in total. The van der Waals surface area contributed by atoms with Gasteiger partial charge in [0.05, 0.1) is 0 Å². The van der Waals surface area contributed by atoms with Crippen molar-refractivity contribution in [2.45, 2.75) is 0 Å². The fourth-order valence-electron chi connectivity index (χ4n) is 1.86. The highest BCUT2D eigenvalue weighted by atomic mass is 28.4. The van der Waals surface area contributed by atoms with Crippen molar-refractivity contribution in [1.82, 2.24) is 0 Å². The summed E-state index contributed by atoms with van der Waals surface area (Å²) in [6.07, 6.45) is 0. The van der Waals surface area contributed by atoms with Gasteiger partial charge in [0.25, 0.3) is 0 Å². The number of benzene rings is 2. The standard InChI is InChI=1S/C15H14FNO2Si/c1-12(16)15(18)19-20(17,13-8-4-2-5-9-13)14-10-6-3-7-11-14/h2-11H,1,17H2. The van der Waals surface area contributed by atoms with Crippen molar-refractivity contribution < 1.29 is 13.6 Å². The number of rotatable bonds is 4. The summed E-state index contributed by atoms with van der Waals surface area (Å²) in [7, 11) is -3.28. The van der Waals surface area contributed by atoms with E-state index in [1.807, 2.05) is 12.1 Å². The van der Waals surface area contributed by atoms with Crippen LogP contribution in [0, 0.1) is 0 Å². The van der Waals surface area contributed by atoms with Crippen LogP contribution in [0.2, 0.25) is 0 Å². The Morgan fingerprint density at radius 3 is 1.75 bits per heavy atom. The molecule has 0 saturated heterocycles. The largest absolute Gasteiger partial charge is 0.491 e. The van der Waals surface area contributed by atoms with Gasteiger partial charge in [0.2, 0.25) is 0 Å². The van der Waals surface area contributed by atoms with Crippen molar-refractivity contribution in [3.63, 3.8) is 0 Å². The second kappa shape index (κ2) is 5.81. The van der Waals surface area contributed by atoms with Gasteiger partial charge in [-0.1, -0.05) is 67.2 Å². The van der Waals surface area contributed by atoms with E-state index in [4.69, 9.17) is 9.83 Å². The molecule has 20 heavy (non-hydrogen) atoms. The van der Waals surface area contributed by atoms with Gasteiger partial charge < -0.3 is 9.83 Å². The molecule has 102 valence electrons. The van der Waals surface area contributed by atoms with Crippen molar-refractivity contribution in [1.29, 1.82) is 0 Å². The molecule has 0 aliphatic rings. The first kappa shape index (κ1) is 14.2. The third-order valence-corrected chi connectivity index (χ3v) is 5.77. The van der Waals surface area contributed by atoms with Crippen LogP contribution >= 0.6 is 0 Å². The van der Waals surface area contributed by atoms with E-state index in [1.54, 1.807) is 48.5 Å². The van der Waals surface area contributed by atoms with Gasteiger partial charge in [0, 0.05) is 0 Å². The van der Waals surface area contributed by atoms with E-state index in [0.29, 0.717) is 10.4 Å². The molecule has 0 radical (unpaired) electrons. The number of hydrogen-bond acceptors (Lipinski definition) is 3. The third kappa shape index (κ3) is 2.84. The molecule has 0 aromatic heterocycles. The van der Waals surface area contributed by atoms with Crippen molar-refractivity contribution in [2.75, 3.05) is 0 Å². The first-order valence-electron chi connectivity index (χ1n) is 6.01. The fourth-order valence-corrected chi connectivity index (χ4v) is 4.21. The van der Waals surface area contributed by atoms with E-state index in [0.717, 1.165) is 0 Å². The van der Waals surface area contributed by atoms with Gasteiger partial charge in [-0.15, -0.1) is 0 Å². The number of halogens is 1. The lowest BCUT2D eigenvalue weighted by Crippen LogP contribution is -2.69. The smallest absolute Gasteiger partial charge is 0.396 e. The molecule has 0 saturated carbocycles. The van der Waals surface area contributed by atoms with Crippen LogP contribution < -0.4 is 15.8 Å². The molecular weight excluding hydrogens is 273 g/mol. The lowest BCUT2D eigenvalue weighted by Gasteiger charge is -2.26. The topological polar surface area (TPSA) is 52.3 Å². The minimum absolute atomic E-state index is 0.681. The third-order valence-electron chi connectivity index (χ3n) is 2.88. The molecule has 0 bridgehead atoms. The van der Waals surface area contributed by atoms with Crippen LogP contribution in [-0.2, 0) is 9.22 Å². The normalized spacial score (nSPS) is 10.9. The van der Waals surface area contributed by atoms with Gasteiger partial charge in [-0.2, -0.15) is 4.39 Å². The SMILES string of the molecule is C=C(F)C(=O)O[Si](N)(c1ccccc1)c1ccccc1. The molecule has 0 atom stereocenters. The first-order valence-corrected chi connectivity index (χ1v) is 8.00. The second-order valence-electron chi connectivity index (χ2n) is 4.26. The predicted octanol–water partition coefficient (Wildman–Crippen LogP) is 1.23. The van der Waals surface area contributed by atoms with E-state index >= 15 is 0 Å². The van der Waals surface area contributed by atoms with Gasteiger partial charge in [-0.25, -0.2) is 4.79 Å². The Bertz CT molecular complexity index is 577. The van der Waals surface area contributed by atoms with Crippen LogP contribution in [0.1, 0.15) is 0 Å². The monoisotopic (exact) mass is 287 g/mol. The van der Waals surface area contributed by atoms with E-state index in [2.05, 4.69) is 6.58 Å². The molecule has 0 aliphatic carbocycles. The Kier molecular flexibility index (Phi) is 4.12. The summed E-state index contributed by atoms with van der Waals surface area (Å²) >= 11 is 0. The summed E-state index contributed by atoms with van der Waals surface area (Å²) in [4.78, 5) is 11.6. The molecular formula is C15H14FNO2Si. The van der Waals surface area contributed by atoms with Gasteiger partial charge in [-0.3, -0.25) is 0 Å². The molecule has 0 unspecified atom stereocenters. The molecule has 3 nitrogen and oxygen atoms in total. The quantitative estimate of drug-likeness (QED) is 0.680. The Morgan fingerprint density at radius 1 is 1.00 bits per heavy atom. The zero-order valence-electron chi connectivity index (χ0n) is 10.8. The molecule has 0 spiro atoms. The summed E-state index contributed by atoms with van der Waals surface area (Å²) in [5.74, 6) is -2.27. The first-order chi connectivity index (χ1) is 9.54. The number of nitrogens with two attached hydrogens (primary N) is 1. The van der Waals surface area contributed by atoms with Crippen LogP contribution in [0.4, 0.5) is 4.39 Å². The summed E-state index contributed by atoms with van der Waals surface area (Å²) in [6.45, 7) is 2.95. The molecule has 0 fully saturated rings. The molecule has 5 heteroatoms. The Hall–Kier alpha value is -2.24. The summed E-state index contributed by atoms with van der Waals surface area (Å²) < 4.78 is 18.2. The van der Waals surface area contributed by atoms with Gasteiger partial charge >= 0.3 is 14.4 Å². The maximum Gasteiger partial charge on any atom is 0.396 e. The molecule has 0 aliphatic heterocycles. The minimum atomic E-state index is -3.28. The van der Waals surface area contributed by atoms with Crippen molar-refractivity contribution in [3.05, 3.63) is 73.1 Å². The average molecular weight is 287 g/mol. The van der Waals surface area contributed by atoms with Crippen LogP contribution in [-0.4, -0.2) is 14.4 Å². The number of carbonyl (C=O) groups excluding carboxylic acids is 1. The predicted molar refractivity (Wildman–Crippen MR) is 78.4 cm³/mol. The average Bonchev–Trinajstić information content (AvgIpc) is 2.48. The van der Waals surface area contributed by atoms with Crippen LogP contribution in [0.15, 0.2) is 73.1 Å². The summed E-state index contributed by atoms with van der Waals surface area (Å²) in [5.41, 5.74) is 0. The lowest BCUT2D eigenvalue weighted by molar-refractivity contribution is -0.132. The lowest BCUT2D eigenvalue weighted by atomic mass is 10.4. The molecule has 2 rings (SSSR count). The van der Waals surface area contributed by atoms with Crippen LogP contribution in [0.3, 0.4) is 0 Å². The van der Waals surface area contributed by atoms with Crippen molar-refractivity contribution in [3.8, 4) is 0 Å². The highest BCUT2D eigenvalue weighted by Gasteiger charge is 2.40. The van der Waals surface area contributed by atoms with E-state index < -0.39 is 20.3 Å². The molecule has 2 aromatic carbocycles. The van der Waals surface area contributed by atoms with Crippen molar-refractivity contribution in [2.24, 2.45) is 5.40 Å². The maximum absolute atomic E-state index is 13.0. The van der Waals surface area contributed by atoms with Gasteiger partial charge in [0.15, 0.2) is 5.83 Å². The number of hydrogen-bond donors (Lipinski definition) is 1. The maximum atomic E-state index is 13.0. The van der Waals surface area contributed by atoms with Crippen LogP contribution in [0.25, 0.3) is 0 Å². The zero-order valence-corrected chi connectivity index (χ0v) is 11.8. The van der Waals surface area contributed by atoms with Crippen LogP contribution in [0.5, 0.6) is 0 Å². The Morgan fingerprint density at radius 2 is 1.40 bits per heavy atom. The van der Waals surface area contributed by atoms with Gasteiger partial charge in [0.1, 0.15) is 0 Å². The van der Waals surface area contributed by atoms with Crippen molar-refractivity contribution >= 4 is 24.8 Å². The summed E-state index contributed by atoms with van der Waals surface area (Å²) in [6, 6.07) is 17.9. The highest BCUT2D eigenvalue weighted by Crippen LogP contribution is 2.06. The fraction of sp³-hybridized carbons (Fsp3) is 0. The summed E-state index contributed by atoms with van der Waals surface area (Å²) in [5, 5.41) is 7.73. The van der Waals surface area contributed by atoms with E-state index in [1.165, 1.54) is 0 Å². The van der Waals surface area contributed by atoms with E-state index in [9.17, 15) is 9.18 Å². The number of carbonyl (C=O) groups is 1. The Balaban J connectivity index is 2.49. The minimum Gasteiger partial charge on any atom is -0.491 e. The molecule has 0 heterocycles. The molecule has 2 aromatic rings. The zero-order chi connectivity index (χ0) is 14.6. The van der Waals surface area contributed by atoms with Gasteiger partial charge in [-0.05, 0) is 10.4 Å². The molecule has 0 amide bonds. The Labute approximate surface area is 117 Å². The second-order valence-corrected chi connectivity index (χ2v) is 7.09. The highest BCUT2D eigenvalue weighted by molar-refractivity contribution is 6.96.